The molecule has 0 atom stereocenters. The molecule has 2 N–H and O–H groups in total. The number of rotatable bonds is 5. The SMILES string of the molecule is CC(C)(C)OCCOc1ccc(C(N)=S)cc1C(F)(F)F. The van der Waals surface area contributed by atoms with Gasteiger partial charge in [-0.1, -0.05) is 12.2 Å². The summed E-state index contributed by atoms with van der Waals surface area (Å²) in [5.41, 5.74) is 4.23. The number of halogens is 3. The Kier molecular flexibility index (Phi) is 5.58. The van der Waals surface area contributed by atoms with Crippen molar-refractivity contribution in [3.63, 3.8) is 0 Å². The Bertz CT molecular complexity index is 510. The van der Waals surface area contributed by atoms with Gasteiger partial charge < -0.3 is 15.2 Å². The minimum absolute atomic E-state index is 0.0206. The Morgan fingerprint density at radius 2 is 1.81 bits per heavy atom. The molecule has 21 heavy (non-hydrogen) atoms. The molecule has 0 aliphatic heterocycles. The van der Waals surface area contributed by atoms with Gasteiger partial charge in [0.15, 0.2) is 0 Å². The van der Waals surface area contributed by atoms with Crippen LogP contribution in [0.2, 0.25) is 0 Å². The summed E-state index contributed by atoms with van der Waals surface area (Å²) in [5.74, 6) is -0.264. The van der Waals surface area contributed by atoms with Crippen LogP contribution in [0.15, 0.2) is 18.2 Å². The third-order valence-corrected chi connectivity index (χ3v) is 2.68. The molecule has 0 aliphatic rings. The zero-order valence-electron chi connectivity index (χ0n) is 12.1. The van der Waals surface area contributed by atoms with Crippen LogP contribution in [0.5, 0.6) is 5.75 Å². The summed E-state index contributed by atoms with van der Waals surface area (Å²) in [4.78, 5) is -0.0943. The molecular weight excluding hydrogens is 303 g/mol. The second-order valence-electron chi connectivity index (χ2n) is 5.38. The van der Waals surface area contributed by atoms with Crippen molar-refractivity contribution in [3.05, 3.63) is 29.3 Å². The van der Waals surface area contributed by atoms with Crippen molar-refractivity contribution >= 4 is 17.2 Å². The highest BCUT2D eigenvalue weighted by molar-refractivity contribution is 7.80. The molecule has 0 bridgehead atoms. The van der Waals surface area contributed by atoms with Gasteiger partial charge >= 0.3 is 6.18 Å². The Morgan fingerprint density at radius 3 is 2.29 bits per heavy atom. The molecule has 1 aromatic carbocycles. The first-order valence-electron chi connectivity index (χ1n) is 6.28. The number of alkyl halides is 3. The molecule has 0 radical (unpaired) electrons. The molecule has 0 unspecified atom stereocenters. The van der Waals surface area contributed by atoms with Gasteiger partial charge in [0.2, 0.25) is 0 Å². The van der Waals surface area contributed by atoms with Gasteiger partial charge in [0, 0.05) is 5.56 Å². The van der Waals surface area contributed by atoms with E-state index in [1.165, 1.54) is 12.1 Å². The quantitative estimate of drug-likeness (QED) is 0.665. The molecule has 0 fully saturated rings. The summed E-state index contributed by atoms with van der Waals surface area (Å²) in [7, 11) is 0. The molecule has 3 nitrogen and oxygen atoms in total. The van der Waals surface area contributed by atoms with E-state index in [2.05, 4.69) is 12.2 Å². The van der Waals surface area contributed by atoms with Crippen molar-refractivity contribution in [1.29, 1.82) is 0 Å². The molecule has 0 aromatic heterocycles. The summed E-state index contributed by atoms with van der Waals surface area (Å²) in [5, 5.41) is 0. The number of nitrogens with two attached hydrogens (primary N) is 1. The van der Waals surface area contributed by atoms with Crippen LogP contribution in [-0.4, -0.2) is 23.8 Å². The van der Waals surface area contributed by atoms with Crippen molar-refractivity contribution in [3.8, 4) is 5.75 Å². The topological polar surface area (TPSA) is 44.5 Å². The number of benzene rings is 1. The van der Waals surface area contributed by atoms with E-state index in [0.29, 0.717) is 0 Å². The first-order valence-corrected chi connectivity index (χ1v) is 6.69. The average molecular weight is 321 g/mol. The highest BCUT2D eigenvalue weighted by Gasteiger charge is 2.34. The van der Waals surface area contributed by atoms with Crippen LogP contribution in [0, 0.1) is 0 Å². The van der Waals surface area contributed by atoms with E-state index in [1.807, 2.05) is 20.8 Å². The normalized spacial score (nSPS) is 12.3. The Balaban J connectivity index is 2.84. The van der Waals surface area contributed by atoms with Crippen molar-refractivity contribution < 1.29 is 22.6 Å². The number of hydrogen-bond acceptors (Lipinski definition) is 3. The summed E-state index contributed by atoms with van der Waals surface area (Å²) >= 11 is 4.68. The van der Waals surface area contributed by atoms with Crippen LogP contribution in [0.1, 0.15) is 31.9 Å². The van der Waals surface area contributed by atoms with Gasteiger partial charge in [-0.05, 0) is 39.0 Å². The van der Waals surface area contributed by atoms with Crippen LogP contribution in [0.25, 0.3) is 0 Å². The van der Waals surface area contributed by atoms with Gasteiger partial charge in [-0.25, -0.2) is 0 Å². The summed E-state index contributed by atoms with van der Waals surface area (Å²) in [6, 6.07) is 3.51. The smallest absolute Gasteiger partial charge is 0.419 e. The van der Waals surface area contributed by atoms with Gasteiger partial charge in [0.25, 0.3) is 0 Å². The summed E-state index contributed by atoms with van der Waals surface area (Å²) in [6.45, 7) is 5.77. The lowest BCUT2D eigenvalue weighted by Crippen LogP contribution is -2.23. The van der Waals surface area contributed by atoms with Crippen molar-refractivity contribution in [2.24, 2.45) is 5.73 Å². The van der Waals surface area contributed by atoms with Crippen molar-refractivity contribution in [2.75, 3.05) is 13.2 Å². The highest BCUT2D eigenvalue weighted by Crippen LogP contribution is 2.36. The maximum Gasteiger partial charge on any atom is 0.419 e. The molecule has 0 saturated carbocycles. The Hall–Kier alpha value is -1.34. The monoisotopic (exact) mass is 321 g/mol. The van der Waals surface area contributed by atoms with Gasteiger partial charge in [0.1, 0.15) is 17.3 Å². The summed E-state index contributed by atoms with van der Waals surface area (Å²) in [6.07, 6.45) is -4.54. The molecular formula is C14H18F3NO2S. The van der Waals surface area contributed by atoms with E-state index >= 15 is 0 Å². The fourth-order valence-electron chi connectivity index (χ4n) is 1.53. The largest absolute Gasteiger partial charge is 0.491 e. The fraction of sp³-hybridized carbons (Fsp3) is 0.500. The number of ether oxygens (including phenoxy) is 2. The predicted octanol–water partition coefficient (Wildman–Crippen LogP) is 3.53. The number of hydrogen-bond donors (Lipinski definition) is 1. The third-order valence-electron chi connectivity index (χ3n) is 2.45. The predicted molar refractivity (Wildman–Crippen MR) is 78.5 cm³/mol. The lowest BCUT2D eigenvalue weighted by atomic mass is 10.1. The third kappa shape index (κ3) is 5.89. The van der Waals surface area contributed by atoms with E-state index < -0.39 is 11.7 Å². The molecule has 0 heterocycles. The lowest BCUT2D eigenvalue weighted by molar-refractivity contribution is -0.139. The van der Waals surface area contributed by atoms with Gasteiger partial charge in [-0.15, -0.1) is 0 Å². The van der Waals surface area contributed by atoms with Gasteiger partial charge in [0.05, 0.1) is 17.8 Å². The first-order chi connectivity index (χ1) is 9.50. The van der Waals surface area contributed by atoms with E-state index in [0.717, 1.165) is 6.07 Å². The van der Waals surface area contributed by atoms with Crippen LogP contribution in [0.4, 0.5) is 13.2 Å². The van der Waals surface area contributed by atoms with E-state index in [9.17, 15) is 13.2 Å². The standard InChI is InChI=1S/C14H18F3NO2S/c1-13(2,3)20-7-6-19-11-5-4-9(12(18)21)8-10(11)14(15,16)17/h4-5,8H,6-7H2,1-3H3,(H2,18,21). The van der Waals surface area contributed by atoms with Crippen LogP contribution < -0.4 is 10.5 Å². The lowest BCUT2D eigenvalue weighted by Gasteiger charge is -2.20. The van der Waals surface area contributed by atoms with E-state index in [-0.39, 0.29) is 35.1 Å². The Labute approximate surface area is 127 Å². The molecule has 1 aromatic rings. The fourth-order valence-corrected chi connectivity index (χ4v) is 1.66. The zero-order chi connectivity index (χ0) is 16.3. The zero-order valence-corrected chi connectivity index (χ0v) is 12.9. The molecule has 118 valence electrons. The maximum absolute atomic E-state index is 13.0. The minimum Gasteiger partial charge on any atom is -0.491 e. The van der Waals surface area contributed by atoms with Crippen molar-refractivity contribution in [2.45, 2.75) is 32.5 Å². The second kappa shape index (κ2) is 6.62. The summed E-state index contributed by atoms with van der Waals surface area (Å²) < 4.78 is 49.5. The van der Waals surface area contributed by atoms with Crippen molar-refractivity contribution in [1.82, 2.24) is 0 Å². The molecule has 1 rings (SSSR count). The van der Waals surface area contributed by atoms with Gasteiger partial charge in [-0.3, -0.25) is 0 Å². The molecule has 7 heteroatoms. The highest BCUT2D eigenvalue weighted by atomic mass is 32.1. The van der Waals surface area contributed by atoms with E-state index in [4.69, 9.17) is 15.2 Å². The molecule has 0 saturated heterocycles. The van der Waals surface area contributed by atoms with Gasteiger partial charge in [-0.2, -0.15) is 13.2 Å². The van der Waals surface area contributed by atoms with Crippen LogP contribution in [0.3, 0.4) is 0 Å². The minimum atomic E-state index is -4.54. The Morgan fingerprint density at radius 1 is 1.19 bits per heavy atom. The van der Waals surface area contributed by atoms with E-state index in [1.54, 1.807) is 0 Å². The van der Waals surface area contributed by atoms with Crippen LogP contribution >= 0.6 is 12.2 Å². The van der Waals surface area contributed by atoms with Crippen LogP contribution in [-0.2, 0) is 10.9 Å². The second-order valence-corrected chi connectivity index (χ2v) is 5.82. The maximum atomic E-state index is 13.0. The molecule has 0 aliphatic carbocycles. The molecule has 0 amide bonds. The number of thiocarbonyl (C=S) groups is 1. The molecule has 0 spiro atoms. The average Bonchev–Trinajstić information content (AvgIpc) is 2.32. The first kappa shape index (κ1) is 17.7.